The van der Waals surface area contributed by atoms with E-state index in [1.807, 2.05) is 12.1 Å². The van der Waals surface area contributed by atoms with E-state index in [0.717, 1.165) is 28.9 Å². The van der Waals surface area contributed by atoms with Crippen molar-refractivity contribution in [2.45, 2.75) is 25.7 Å². The zero-order valence-electron chi connectivity index (χ0n) is 18.5. The van der Waals surface area contributed by atoms with Gasteiger partial charge in [-0.25, -0.2) is 4.79 Å². The second kappa shape index (κ2) is 8.19. The molecular formula is C28H22N2O3S. The molecule has 4 aromatic rings. The fourth-order valence-corrected chi connectivity index (χ4v) is 6.08. The van der Waals surface area contributed by atoms with Gasteiger partial charge in [-0.1, -0.05) is 12.1 Å². The van der Waals surface area contributed by atoms with Crippen molar-refractivity contribution in [2.75, 3.05) is 18.0 Å². The first-order valence-corrected chi connectivity index (χ1v) is 12.3. The Labute approximate surface area is 201 Å². The summed E-state index contributed by atoms with van der Waals surface area (Å²) in [6.45, 7) is 2.36. The lowest BCUT2D eigenvalue weighted by Gasteiger charge is -2.37. The van der Waals surface area contributed by atoms with E-state index in [2.05, 4.69) is 29.2 Å². The van der Waals surface area contributed by atoms with E-state index < -0.39 is 5.97 Å². The van der Waals surface area contributed by atoms with E-state index in [0.29, 0.717) is 11.1 Å². The van der Waals surface area contributed by atoms with Gasteiger partial charge in [0.25, 0.3) is 0 Å². The van der Waals surface area contributed by atoms with Crippen LogP contribution in [0, 0.1) is 11.3 Å². The minimum absolute atomic E-state index is 0.304. The van der Waals surface area contributed by atoms with Crippen LogP contribution in [0.4, 0.5) is 5.69 Å². The van der Waals surface area contributed by atoms with Gasteiger partial charge in [0.15, 0.2) is 0 Å². The van der Waals surface area contributed by atoms with Crippen LogP contribution in [-0.4, -0.2) is 24.2 Å². The summed E-state index contributed by atoms with van der Waals surface area (Å²) in [6.07, 6.45) is 6.12. The van der Waals surface area contributed by atoms with Gasteiger partial charge in [-0.15, -0.1) is 11.3 Å². The van der Waals surface area contributed by atoms with Crippen LogP contribution in [0.3, 0.4) is 0 Å². The highest BCUT2D eigenvalue weighted by molar-refractivity contribution is 7.18. The molecule has 2 aliphatic heterocycles. The molecule has 6 heteroatoms. The number of hydrogen-bond acceptors (Lipinski definition) is 5. The van der Waals surface area contributed by atoms with Crippen molar-refractivity contribution in [2.24, 2.45) is 0 Å². The number of carboxylic acids is 1. The summed E-state index contributed by atoms with van der Waals surface area (Å²) < 4.78 is 6.12. The summed E-state index contributed by atoms with van der Waals surface area (Å²) in [5.41, 5.74) is 6.72. The van der Waals surface area contributed by atoms with Crippen LogP contribution in [-0.2, 0) is 17.6 Å². The van der Waals surface area contributed by atoms with E-state index in [9.17, 15) is 4.79 Å². The second-order valence-corrected chi connectivity index (χ2v) is 9.97. The lowest BCUT2D eigenvalue weighted by Crippen LogP contribution is -2.34. The van der Waals surface area contributed by atoms with E-state index in [4.69, 9.17) is 14.8 Å². The van der Waals surface area contributed by atoms with Gasteiger partial charge in [-0.2, -0.15) is 5.26 Å². The number of hydrogen-bond donors (Lipinski definition) is 1. The summed E-state index contributed by atoms with van der Waals surface area (Å²) in [4.78, 5) is 16.0. The SMILES string of the molecule is N#C/C(=C/c1ccc2cc(-c3ccc(-c4cc5c6c(c4)CCCN6CCC5)s3)oc2c1)C(=O)O. The summed E-state index contributed by atoms with van der Waals surface area (Å²) in [5.74, 6) is -0.450. The van der Waals surface area contributed by atoms with Crippen molar-refractivity contribution in [1.82, 2.24) is 0 Å². The average molecular weight is 467 g/mol. The van der Waals surface area contributed by atoms with Crippen molar-refractivity contribution in [3.8, 4) is 27.1 Å². The van der Waals surface area contributed by atoms with Gasteiger partial charge >= 0.3 is 5.97 Å². The molecule has 1 N–H and O–H groups in total. The maximum Gasteiger partial charge on any atom is 0.346 e. The maximum atomic E-state index is 11.1. The van der Waals surface area contributed by atoms with E-state index in [1.54, 1.807) is 29.5 Å². The quantitative estimate of drug-likeness (QED) is 0.274. The number of aliphatic carboxylic acids is 1. The van der Waals surface area contributed by atoms with Gasteiger partial charge < -0.3 is 14.4 Å². The standard InChI is InChI=1S/C28H22N2O3S/c29-16-22(28(31)32)11-17-5-6-18-15-24(33-23(18)12-17)26-8-7-25(34-26)21-13-19-3-1-9-30-10-2-4-20(14-21)27(19)30/h5-8,11-15H,1-4,9-10H2,(H,31,32)/b22-11-. The number of anilines is 1. The monoisotopic (exact) mass is 466 g/mol. The molecule has 0 spiro atoms. The fraction of sp³-hybridized carbons (Fsp3) is 0.214. The molecular weight excluding hydrogens is 444 g/mol. The summed E-state index contributed by atoms with van der Waals surface area (Å²) in [5, 5.41) is 19.0. The highest BCUT2D eigenvalue weighted by Gasteiger charge is 2.24. The first-order valence-electron chi connectivity index (χ1n) is 11.5. The number of benzene rings is 2. The predicted molar refractivity (Wildman–Crippen MR) is 135 cm³/mol. The molecule has 0 fully saturated rings. The van der Waals surface area contributed by atoms with Crippen molar-refractivity contribution < 1.29 is 14.3 Å². The zero-order valence-corrected chi connectivity index (χ0v) is 19.3. The van der Waals surface area contributed by atoms with Crippen molar-refractivity contribution in [1.29, 1.82) is 5.26 Å². The molecule has 2 aromatic heterocycles. The smallest absolute Gasteiger partial charge is 0.346 e. The van der Waals surface area contributed by atoms with Crippen LogP contribution < -0.4 is 4.90 Å². The molecule has 0 bridgehead atoms. The molecule has 4 heterocycles. The Morgan fingerprint density at radius 2 is 1.76 bits per heavy atom. The van der Waals surface area contributed by atoms with Crippen LogP contribution in [0.5, 0.6) is 0 Å². The normalized spacial score (nSPS) is 15.3. The number of nitriles is 1. The predicted octanol–water partition coefficient (Wildman–Crippen LogP) is 6.52. The molecule has 0 aliphatic carbocycles. The maximum absolute atomic E-state index is 11.1. The molecule has 0 saturated heterocycles. The van der Waals surface area contributed by atoms with Crippen LogP contribution in [0.2, 0.25) is 0 Å². The topological polar surface area (TPSA) is 77.5 Å². The summed E-state index contributed by atoms with van der Waals surface area (Å²) >= 11 is 1.73. The number of furan rings is 1. The van der Waals surface area contributed by atoms with Crippen molar-refractivity contribution in [3.63, 3.8) is 0 Å². The Balaban J connectivity index is 1.34. The van der Waals surface area contributed by atoms with Crippen LogP contribution in [0.1, 0.15) is 29.5 Å². The molecule has 5 nitrogen and oxygen atoms in total. The third kappa shape index (κ3) is 3.59. The van der Waals surface area contributed by atoms with Crippen molar-refractivity contribution in [3.05, 3.63) is 70.8 Å². The molecule has 0 atom stereocenters. The third-order valence-corrected chi connectivity index (χ3v) is 7.82. The van der Waals surface area contributed by atoms with E-state index >= 15 is 0 Å². The number of aryl methyl sites for hydroxylation is 2. The minimum Gasteiger partial charge on any atom is -0.477 e. The van der Waals surface area contributed by atoms with Crippen molar-refractivity contribution >= 4 is 40.0 Å². The molecule has 0 amide bonds. The van der Waals surface area contributed by atoms with Crippen LogP contribution in [0.25, 0.3) is 38.1 Å². The largest absolute Gasteiger partial charge is 0.477 e. The Hall–Kier alpha value is -3.82. The summed E-state index contributed by atoms with van der Waals surface area (Å²) in [7, 11) is 0. The fourth-order valence-electron chi connectivity index (χ4n) is 5.14. The average Bonchev–Trinajstić information content (AvgIpc) is 3.50. The lowest BCUT2D eigenvalue weighted by atomic mass is 9.90. The number of carboxylic acid groups (broad SMARTS) is 1. The number of carbonyl (C=O) groups is 1. The third-order valence-electron chi connectivity index (χ3n) is 6.67. The van der Waals surface area contributed by atoms with Gasteiger partial charge in [0.1, 0.15) is 23.0 Å². The number of nitrogens with zero attached hydrogens (tertiary/aromatic N) is 2. The highest BCUT2D eigenvalue weighted by Crippen LogP contribution is 2.42. The molecule has 0 radical (unpaired) electrons. The Morgan fingerprint density at radius 1 is 1.03 bits per heavy atom. The van der Waals surface area contributed by atoms with E-state index in [1.165, 1.54) is 59.3 Å². The molecule has 168 valence electrons. The van der Waals surface area contributed by atoms with Gasteiger partial charge in [0.2, 0.25) is 0 Å². The van der Waals surface area contributed by atoms with Gasteiger partial charge in [0.05, 0.1) is 4.88 Å². The highest BCUT2D eigenvalue weighted by atomic mass is 32.1. The second-order valence-electron chi connectivity index (χ2n) is 8.88. The molecule has 34 heavy (non-hydrogen) atoms. The first kappa shape index (κ1) is 20.8. The number of thiophene rings is 1. The molecule has 0 unspecified atom stereocenters. The number of fused-ring (bicyclic) bond motifs is 1. The Morgan fingerprint density at radius 3 is 2.47 bits per heavy atom. The molecule has 6 rings (SSSR count). The van der Waals surface area contributed by atoms with Gasteiger partial charge in [0, 0.05) is 29.0 Å². The zero-order chi connectivity index (χ0) is 23.2. The van der Waals surface area contributed by atoms with Crippen LogP contribution >= 0.6 is 11.3 Å². The molecule has 0 saturated carbocycles. The minimum atomic E-state index is -1.24. The first-order chi connectivity index (χ1) is 16.6. The molecule has 2 aliphatic rings. The summed E-state index contributed by atoms with van der Waals surface area (Å²) in [6, 6.07) is 18.2. The Kier molecular flexibility index (Phi) is 5.00. The lowest BCUT2D eigenvalue weighted by molar-refractivity contribution is -0.132. The number of rotatable bonds is 4. The van der Waals surface area contributed by atoms with Crippen LogP contribution in [0.15, 0.2) is 58.5 Å². The Bertz CT molecular complexity index is 1490. The van der Waals surface area contributed by atoms with E-state index in [-0.39, 0.29) is 5.57 Å². The van der Waals surface area contributed by atoms with Gasteiger partial charge in [-0.3, -0.25) is 0 Å². The molecule has 2 aromatic carbocycles. The van der Waals surface area contributed by atoms with Gasteiger partial charge in [-0.05, 0) is 90.4 Å².